The Kier molecular flexibility index (Phi) is 2.21. The van der Waals surface area contributed by atoms with Crippen LogP contribution in [0.4, 0.5) is 0 Å². The quantitative estimate of drug-likeness (QED) is 0.722. The molecule has 3 heteroatoms. The molecule has 2 atom stereocenters. The lowest BCUT2D eigenvalue weighted by Gasteiger charge is -2.09. The van der Waals surface area contributed by atoms with Crippen molar-refractivity contribution in [3.8, 4) is 0 Å². The topological polar surface area (TPSA) is 35.5 Å². The second-order valence-corrected chi connectivity index (χ2v) is 4.63. The van der Waals surface area contributed by atoms with E-state index in [2.05, 4.69) is 0 Å². The van der Waals surface area contributed by atoms with Gasteiger partial charge in [0.15, 0.2) is 0 Å². The average molecular weight is 218 g/mol. The molecule has 84 valence electrons. The number of esters is 1. The molecule has 0 radical (unpaired) electrons. The number of cyclic esters (lactones) is 1. The molecule has 1 aromatic rings. The van der Waals surface area contributed by atoms with E-state index in [4.69, 9.17) is 9.47 Å². The van der Waals surface area contributed by atoms with E-state index < -0.39 is 0 Å². The third-order valence-electron chi connectivity index (χ3n) is 3.53. The molecule has 3 rings (SSSR count). The van der Waals surface area contributed by atoms with Gasteiger partial charge in [0.25, 0.3) is 0 Å². The summed E-state index contributed by atoms with van der Waals surface area (Å²) >= 11 is 0. The molecular formula is C13H14O3. The first-order valence-corrected chi connectivity index (χ1v) is 5.60. The normalized spacial score (nSPS) is 31.0. The molecule has 2 fully saturated rings. The van der Waals surface area contributed by atoms with Gasteiger partial charge in [0.1, 0.15) is 0 Å². The first kappa shape index (κ1) is 9.85. The van der Waals surface area contributed by atoms with Crippen molar-refractivity contribution in [2.75, 3.05) is 13.2 Å². The highest BCUT2D eigenvalue weighted by Gasteiger charge is 2.66. The number of hydrogen-bond acceptors (Lipinski definition) is 3. The highest BCUT2D eigenvalue weighted by Crippen LogP contribution is 2.57. The van der Waals surface area contributed by atoms with Gasteiger partial charge in [0, 0.05) is 5.92 Å². The Morgan fingerprint density at radius 3 is 2.81 bits per heavy atom. The summed E-state index contributed by atoms with van der Waals surface area (Å²) in [5.74, 6) is 0.348. The van der Waals surface area contributed by atoms with E-state index in [0.717, 1.165) is 12.0 Å². The summed E-state index contributed by atoms with van der Waals surface area (Å²) < 4.78 is 10.6. The van der Waals surface area contributed by atoms with Crippen LogP contribution >= 0.6 is 0 Å². The number of ether oxygens (including phenoxy) is 2. The molecule has 1 aromatic carbocycles. The second-order valence-electron chi connectivity index (χ2n) is 4.63. The van der Waals surface area contributed by atoms with E-state index in [1.807, 2.05) is 30.3 Å². The lowest BCUT2D eigenvalue weighted by Crippen LogP contribution is -2.20. The number of hydrogen-bond donors (Lipinski definition) is 0. The Morgan fingerprint density at radius 1 is 1.38 bits per heavy atom. The first-order valence-electron chi connectivity index (χ1n) is 5.60. The van der Waals surface area contributed by atoms with Gasteiger partial charge in [-0.2, -0.15) is 0 Å². The molecule has 0 spiro atoms. The zero-order valence-electron chi connectivity index (χ0n) is 9.02. The highest BCUT2D eigenvalue weighted by molar-refractivity contribution is 5.83. The van der Waals surface area contributed by atoms with Gasteiger partial charge < -0.3 is 9.47 Å². The van der Waals surface area contributed by atoms with Crippen LogP contribution in [0.3, 0.4) is 0 Å². The third kappa shape index (κ3) is 1.52. The fourth-order valence-corrected chi connectivity index (χ4v) is 2.33. The predicted octanol–water partition coefficient (Wildman–Crippen LogP) is 1.77. The van der Waals surface area contributed by atoms with Crippen molar-refractivity contribution in [1.82, 2.24) is 0 Å². The Labute approximate surface area is 94.4 Å². The smallest absolute Gasteiger partial charge is 0.314 e. The van der Waals surface area contributed by atoms with Gasteiger partial charge in [-0.3, -0.25) is 4.79 Å². The maximum Gasteiger partial charge on any atom is 0.314 e. The lowest BCUT2D eigenvalue weighted by atomic mass is 10.1. The third-order valence-corrected chi connectivity index (χ3v) is 3.53. The fraction of sp³-hybridized carbons (Fsp3) is 0.462. The van der Waals surface area contributed by atoms with Crippen LogP contribution in [-0.2, 0) is 20.9 Å². The monoisotopic (exact) mass is 218 g/mol. The van der Waals surface area contributed by atoms with E-state index in [9.17, 15) is 4.79 Å². The van der Waals surface area contributed by atoms with Crippen molar-refractivity contribution < 1.29 is 14.3 Å². The van der Waals surface area contributed by atoms with Gasteiger partial charge in [-0.25, -0.2) is 0 Å². The van der Waals surface area contributed by atoms with Crippen LogP contribution in [-0.4, -0.2) is 19.2 Å². The summed E-state index contributed by atoms with van der Waals surface area (Å²) in [7, 11) is 0. The van der Waals surface area contributed by atoms with Gasteiger partial charge in [-0.1, -0.05) is 30.3 Å². The molecule has 1 aliphatic heterocycles. The molecular weight excluding hydrogens is 204 g/mol. The zero-order chi connectivity index (χ0) is 11.0. The van der Waals surface area contributed by atoms with E-state index in [1.54, 1.807) is 0 Å². The van der Waals surface area contributed by atoms with Crippen LogP contribution in [0.1, 0.15) is 12.0 Å². The Bertz CT molecular complexity index is 401. The molecule has 1 saturated carbocycles. The summed E-state index contributed by atoms with van der Waals surface area (Å²) in [4.78, 5) is 11.5. The van der Waals surface area contributed by atoms with Crippen molar-refractivity contribution >= 4 is 5.97 Å². The Morgan fingerprint density at radius 2 is 2.19 bits per heavy atom. The van der Waals surface area contributed by atoms with Gasteiger partial charge in [-0.05, 0) is 12.0 Å². The second kappa shape index (κ2) is 3.59. The van der Waals surface area contributed by atoms with Crippen molar-refractivity contribution in [3.05, 3.63) is 35.9 Å². The average Bonchev–Trinajstić information content (AvgIpc) is 2.95. The van der Waals surface area contributed by atoms with Gasteiger partial charge in [0.05, 0.1) is 25.2 Å². The number of carbonyl (C=O) groups is 1. The van der Waals surface area contributed by atoms with Crippen LogP contribution in [0, 0.1) is 11.3 Å². The van der Waals surface area contributed by atoms with Crippen LogP contribution in [0.15, 0.2) is 30.3 Å². The maximum absolute atomic E-state index is 11.5. The van der Waals surface area contributed by atoms with Crippen molar-refractivity contribution in [2.45, 2.75) is 13.0 Å². The summed E-state index contributed by atoms with van der Waals surface area (Å²) in [6.07, 6.45) is 0.945. The SMILES string of the molecule is O=C1OC[C@H]2C[C@@]12COCc1ccccc1. The van der Waals surface area contributed by atoms with E-state index in [1.165, 1.54) is 0 Å². The molecule has 2 aliphatic rings. The van der Waals surface area contributed by atoms with Crippen molar-refractivity contribution in [1.29, 1.82) is 0 Å². The molecule has 1 aliphatic carbocycles. The number of carbonyl (C=O) groups excluding carboxylic acids is 1. The van der Waals surface area contributed by atoms with Gasteiger partial charge in [0.2, 0.25) is 0 Å². The summed E-state index contributed by atoms with van der Waals surface area (Å²) in [5.41, 5.74) is 0.858. The molecule has 0 bridgehead atoms. The van der Waals surface area contributed by atoms with Crippen molar-refractivity contribution in [2.24, 2.45) is 11.3 Å². The zero-order valence-corrected chi connectivity index (χ0v) is 9.02. The minimum absolute atomic E-state index is 0.0643. The van der Waals surface area contributed by atoms with Crippen LogP contribution in [0.25, 0.3) is 0 Å². The minimum atomic E-state index is -0.283. The first-order chi connectivity index (χ1) is 7.81. The van der Waals surface area contributed by atoms with E-state index >= 15 is 0 Å². The number of fused-ring (bicyclic) bond motifs is 1. The highest BCUT2D eigenvalue weighted by atomic mass is 16.5. The predicted molar refractivity (Wildman–Crippen MR) is 57.6 cm³/mol. The maximum atomic E-state index is 11.5. The van der Waals surface area contributed by atoms with Crippen LogP contribution < -0.4 is 0 Å². The number of rotatable bonds is 4. The fourth-order valence-electron chi connectivity index (χ4n) is 2.33. The molecule has 16 heavy (non-hydrogen) atoms. The van der Waals surface area contributed by atoms with E-state index in [-0.39, 0.29) is 11.4 Å². The Balaban J connectivity index is 1.53. The Hall–Kier alpha value is -1.35. The lowest BCUT2D eigenvalue weighted by molar-refractivity contribution is -0.147. The largest absolute Gasteiger partial charge is 0.465 e. The number of benzene rings is 1. The molecule has 0 aromatic heterocycles. The van der Waals surface area contributed by atoms with Gasteiger partial charge in [-0.15, -0.1) is 0 Å². The minimum Gasteiger partial charge on any atom is -0.465 e. The molecule has 1 heterocycles. The molecule has 3 nitrogen and oxygen atoms in total. The molecule has 0 amide bonds. The standard InChI is InChI=1S/C13H14O3/c14-12-13(6-11(13)8-16-12)9-15-7-10-4-2-1-3-5-10/h1-5,11H,6-9H2/t11-,13+/m1/s1. The molecule has 0 N–H and O–H groups in total. The summed E-state index contributed by atoms with van der Waals surface area (Å²) in [6.45, 7) is 1.67. The van der Waals surface area contributed by atoms with E-state index in [0.29, 0.717) is 25.7 Å². The van der Waals surface area contributed by atoms with Crippen LogP contribution in [0.2, 0.25) is 0 Å². The van der Waals surface area contributed by atoms with Crippen molar-refractivity contribution in [3.63, 3.8) is 0 Å². The summed E-state index contributed by atoms with van der Waals surface area (Å²) in [5, 5.41) is 0. The van der Waals surface area contributed by atoms with Gasteiger partial charge >= 0.3 is 5.97 Å². The molecule has 0 unspecified atom stereocenters. The molecule has 1 saturated heterocycles. The van der Waals surface area contributed by atoms with Crippen LogP contribution in [0.5, 0.6) is 0 Å². The summed E-state index contributed by atoms with van der Waals surface area (Å²) in [6, 6.07) is 10.00.